The van der Waals surface area contributed by atoms with E-state index in [1.54, 1.807) is 0 Å². The first-order valence-corrected chi connectivity index (χ1v) is 8.60. The van der Waals surface area contributed by atoms with Gasteiger partial charge in [-0.05, 0) is 35.4 Å². The highest BCUT2D eigenvalue weighted by Crippen LogP contribution is 2.24. The van der Waals surface area contributed by atoms with E-state index in [1.165, 1.54) is 22.5 Å². The van der Waals surface area contributed by atoms with Gasteiger partial charge in [-0.25, -0.2) is 0 Å². The van der Waals surface area contributed by atoms with Crippen LogP contribution in [0.3, 0.4) is 0 Å². The fourth-order valence-electron chi connectivity index (χ4n) is 3.36. The number of benzene rings is 3. The lowest BCUT2D eigenvalue weighted by Crippen LogP contribution is -2.46. The molecule has 3 aromatic rings. The molecule has 1 aliphatic heterocycles. The summed E-state index contributed by atoms with van der Waals surface area (Å²) in [6.45, 7) is 4.29. The average Bonchev–Trinajstić information content (AvgIpc) is 2.70. The molecular formula is C22H22N2. The van der Waals surface area contributed by atoms with Gasteiger partial charge in [0.15, 0.2) is 0 Å². The first kappa shape index (κ1) is 14.8. The fraction of sp³-hybridized carbons (Fsp3) is 0.182. The molecule has 0 aromatic heterocycles. The molecule has 1 fully saturated rings. The van der Waals surface area contributed by atoms with E-state index in [0.717, 1.165) is 26.2 Å². The van der Waals surface area contributed by atoms with Crippen molar-refractivity contribution in [3.8, 4) is 11.1 Å². The number of hydrogen-bond acceptors (Lipinski definition) is 2. The zero-order valence-electron chi connectivity index (χ0n) is 13.8. The normalized spacial score (nSPS) is 14.7. The Morgan fingerprint density at radius 1 is 0.417 bits per heavy atom. The van der Waals surface area contributed by atoms with Gasteiger partial charge in [0, 0.05) is 37.6 Å². The monoisotopic (exact) mass is 314 g/mol. The molecule has 1 aliphatic rings. The summed E-state index contributed by atoms with van der Waals surface area (Å²) in [5, 5.41) is 0. The van der Waals surface area contributed by atoms with E-state index in [0.29, 0.717) is 0 Å². The van der Waals surface area contributed by atoms with E-state index < -0.39 is 0 Å². The SMILES string of the molecule is c1ccc(-c2ccc(N3CCN(c4ccccc4)CC3)cc2)cc1. The summed E-state index contributed by atoms with van der Waals surface area (Å²) in [4.78, 5) is 4.95. The second-order valence-electron chi connectivity index (χ2n) is 6.22. The van der Waals surface area contributed by atoms with Gasteiger partial charge in [0.25, 0.3) is 0 Å². The van der Waals surface area contributed by atoms with Gasteiger partial charge >= 0.3 is 0 Å². The van der Waals surface area contributed by atoms with Gasteiger partial charge in [-0.2, -0.15) is 0 Å². The molecule has 0 aliphatic carbocycles. The number of rotatable bonds is 3. The number of nitrogens with zero attached hydrogens (tertiary/aromatic N) is 2. The van der Waals surface area contributed by atoms with Crippen LogP contribution >= 0.6 is 0 Å². The van der Waals surface area contributed by atoms with Crippen LogP contribution in [-0.4, -0.2) is 26.2 Å². The van der Waals surface area contributed by atoms with Crippen LogP contribution in [0.1, 0.15) is 0 Å². The summed E-state index contributed by atoms with van der Waals surface area (Å²) in [5.74, 6) is 0. The highest BCUT2D eigenvalue weighted by Gasteiger charge is 2.17. The van der Waals surface area contributed by atoms with Crippen LogP contribution in [0.25, 0.3) is 11.1 Å². The van der Waals surface area contributed by atoms with Crippen molar-refractivity contribution < 1.29 is 0 Å². The van der Waals surface area contributed by atoms with Crippen molar-refractivity contribution in [2.45, 2.75) is 0 Å². The lowest BCUT2D eigenvalue weighted by Gasteiger charge is -2.37. The molecule has 0 N–H and O–H groups in total. The minimum Gasteiger partial charge on any atom is -0.368 e. The molecule has 120 valence electrons. The lowest BCUT2D eigenvalue weighted by molar-refractivity contribution is 0.653. The molecule has 0 radical (unpaired) electrons. The molecule has 0 atom stereocenters. The Labute approximate surface area is 144 Å². The summed E-state index contributed by atoms with van der Waals surface area (Å²) < 4.78 is 0. The minimum absolute atomic E-state index is 1.07. The maximum absolute atomic E-state index is 2.48. The summed E-state index contributed by atoms with van der Waals surface area (Å²) in [6, 6.07) is 30.2. The third-order valence-electron chi connectivity index (χ3n) is 4.74. The molecule has 0 unspecified atom stereocenters. The number of anilines is 2. The Morgan fingerprint density at radius 3 is 1.38 bits per heavy atom. The summed E-state index contributed by atoms with van der Waals surface area (Å²) in [6.07, 6.45) is 0. The average molecular weight is 314 g/mol. The molecule has 0 bridgehead atoms. The quantitative estimate of drug-likeness (QED) is 0.692. The van der Waals surface area contributed by atoms with Gasteiger partial charge in [0.2, 0.25) is 0 Å². The molecule has 2 heteroatoms. The van der Waals surface area contributed by atoms with Crippen molar-refractivity contribution in [1.82, 2.24) is 0 Å². The topological polar surface area (TPSA) is 6.48 Å². The van der Waals surface area contributed by atoms with Crippen LogP contribution in [0.15, 0.2) is 84.9 Å². The van der Waals surface area contributed by atoms with E-state index in [2.05, 4.69) is 94.7 Å². The van der Waals surface area contributed by atoms with E-state index in [-0.39, 0.29) is 0 Å². The first-order chi connectivity index (χ1) is 11.9. The largest absolute Gasteiger partial charge is 0.368 e. The molecule has 24 heavy (non-hydrogen) atoms. The van der Waals surface area contributed by atoms with E-state index >= 15 is 0 Å². The Bertz CT molecular complexity index is 758. The summed E-state index contributed by atoms with van der Waals surface area (Å²) in [5.41, 5.74) is 5.21. The molecular weight excluding hydrogens is 292 g/mol. The van der Waals surface area contributed by atoms with Crippen molar-refractivity contribution in [3.63, 3.8) is 0 Å². The van der Waals surface area contributed by atoms with Crippen LogP contribution < -0.4 is 9.80 Å². The first-order valence-electron chi connectivity index (χ1n) is 8.60. The predicted molar refractivity (Wildman–Crippen MR) is 103 cm³/mol. The van der Waals surface area contributed by atoms with E-state index in [9.17, 15) is 0 Å². The van der Waals surface area contributed by atoms with Crippen LogP contribution in [0.4, 0.5) is 11.4 Å². The predicted octanol–water partition coefficient (Wildman–Crippen LogP) is 4.68. The van der Waals surface area contributed by atoms with Gasteiger partial charge in [-0.3, -0.25) is 0 Å². The Hall–Kier alpha value is -2.74. The summed E-state index contributed by atoms with van der Waals surface area (Å²) >= 11 is 0. The Balaban J connectivity index is 1.43. The van der Waals surface area contributed by atoms with Crippen molar-refractivity contribution in [2.75, 3.05) is 36.0 Å². The second-order valence-corrected chi connectivity index (χ2v) is 6.22. The van der Waals surface area contributed by atoms with Crippen molar-refractivity contribution in [3.05, 3.63) is 84.9 Å². The molecule has 0 spiro atoms. The van der Waals surface area contributed by atoms with Crippen molar-refractivity contribution in [2.24, 2.45) is 0 Å². The highest BCUT2D eigenvalue weighted by molar-refractivity contribution is 5.66. The fourth-order valence-corrected chi connectivity index (χ4v) is 3.36. The molecule has 2 nitrogen and oxygen atoms in total. The standard InChI is InChI=1S/C22H22N2/c1-3-7-19(8-4-1)20-11-13-22(14-12-20)24-17-15-23(16-18-24)21-9-5-2-6-10-21/h1-14H,15-18H2. The van der Waals surface area contributed by atoms with Crippen molar-refractivity contribution in [1.29, 1.82) is 0 Å². The zero-order chi connectivity index (χ0) is 16.2. The molecule has 3 aromatic carbocycles. The minimum atomic E-state index is 1.07. The third kappa shape index (κ3) is 3.13. The van der Waals surface area contributed by atoms with Gasteiger partial charge in [-0.1, -0.05) is 60.7 Å². The highest BCUT2D eigenvalue weighted by atomic mass is 15.3. The maximum atomic E-state index is 2.48. The van der Waals surface area contributed by atoms with Crippen molar-refractivity contribution >= 4 is 11.4 Å². The van der Waals surface area contributed by atoms with E-state index in [4.69, 9.17) is 0 Å². The molecule has 4 rings (SSSR count). The van der Waals surface area contributed by atoms with Crippen LogP contribution in [0.5, 0.6) is 0 Å². The number of hydrogen-bond donors (Lipinski definition) is 0. The van der Waals surface area contributed by atoms with Crippen LogP contribution in [-0.2, 0) is 0 Å². The van der Waals surface area contributed by atoms with Gasteiger partial charge < -0.3 is 9.80 Å². The van der Waals surface area contributed by atoms with Crippen LogP contribution in [0, 0.1) is 0 Å². The van der Waals surface area contributed by atoms with E-state index in [1.807, 2.05) is 0 Å². The lowest BCUT2D eigenvalue weighted by atomic mass is 10.1. The Kier molecular flexibility index (Phi) is 4.20. The molecule has 0 amide bonds. The third-order valence-corrected chi connectivity index (χ3v) is 4.74. The van der Waals surface area contributed by atoms with Gasteiger partial charge in [0.05, 0.1) is 0 Å². The van der Waals surface area contributed by atoms with Gasteiger partial charge in [-0.15, -0.1) is 0 Å². The number of piperazine rings is 1. The smallest absolute Gasteiger partial charge is 0.0367 e. The Morgan fingerprint density at radius 2 is 0.833 bits per heavy atom. The molecule has 1 saturated heterocycles. The zero-order valence-corrected chi connectivity index (χ0v) is 13.8. The maximum Gasteiger partial charge on any atom is 0.0367 e. The summed E-state index contributed by atoms with van der Waals surface area (Å²) in [7, 11) is 0. The molecule has 1 heterocycles. The second kappa shape index (κ2) is 6.79. The van der Waals surface area contributed by atoms with Gasteiger partial charge in [0.1, 0.15) is 0 Å². The van der Waals surface area contributed by atoms with Crippen LogP contribution in [0.2, 0.25) is 0 Å². The molecule has 0 saturated carbocycles. The number of para-hydroxylation sites is 1.